The van der Waals surface area contributed by atoms with Crippen LogP contribution in [0, 0.1) is 30.1 Å². The third kappa shape index (κ3) is 2.65. The van der Waals surface area contributed by atoms with Crippen molar-refractivity contribution in [2.75, 3.05) is 14.1 Å². The number of nitrogens with zero attached hydrogens (tertiary/aromatic N) is 2. The first kappa shape index (κ1) is 12.8. The topological polar surface area (TPSA) is 40.2 Å². The fourth-order valence-electron chi connectivity index (χ4n) is 1.95. The van der Waals surface area contributed by atoms with Crippen molar-refractivity contribution in [1.29, 1.82) is 5.26 Å². The summed E-state index contributed by atoms with van der Waals surface area (Å²) in [5, 5.41) is 9.27. The highest BCUT2D eigenvalue weighted by Crippen LogP contribution is 2.32. The summed E-state index contributed by atoms with van der Waals surface area (Å²) in [5.74, 6) is 2.02. The Balaban J connectivity index is 3.04. The molecule has 0 saturated carbocycles. The van der Waals surface area contributed by atoms with Gasteiger partial charge in [0, 0.05) is 0 Å². The van der Waals surface area contributed by atoms with Gasteiger partial charge in [0.25, 0.3) is 0 Å². The summed E-state index contributed by atoms with van der Waals surface area (Å²) in [4.78, 5) is 2.05. The summed E-state index contributed by atoms with van der Waals surface area (Å²) in [6.45, 7) is 6.06. The second kappa shape index (κ2) is 5.18. The highest BCUT2D eigenvalue weighted by atomic mass is 16.3. The predicted octanol–water partition coefficient (Wildman–Crippen LogP) is 2.99. The van der Waals surface area contributed by atoms with Gasteiger partial charge in [-0.2, -0.15) is 5.26 Å². The quantitative estimate of drug-likeness (QED) is 0.783. The standard InChI is InChI=1S/C13H20N2O/c1-9(2)11(8-14)13(15(4)5)12-7-6-10(3)16-12/h6-7,9,11,13H,1-5H3. The van der Waals surface area contributed by atoms with Crippen molar-refractivity contribution in [2.24, 2.45) is 11.8 Å². The summed E-state index contributed by atoms with van der Waals surface area (Å²) in [6, 6.07) is 6.33. The van der Waals surface area contributed by atoms with Crippen LogP contribution in [0.4, 0.5) is 0 Å². The van der Waals surface area contributed by atoms with E-state index in [1.54, 1.807) is 0 Å². The van der Waals surface area contributed by atoms with Crippen molar-refractivity contribution >= 4 is 0 Å². The molecule has 0 radical (unpaired) electrons. The molecule has 0 aliphatic rings. The zero-order valence-corrected chi connectivity index (χ0v) is 10.7. The fourth-order valence-corrected chi connectivity index (χ4v) is 1.95. The van der Waals surface area contributed by atoms with Crippen molar-refractivity contribution in [3.8, 4) is 6.07 Å². The predicted molar refractivity (Wildman–Crippen MR) is 63.8 cm³/mol. The van der Waals surface area contributed by atoms with Gasteiger partial charge >= 0.3 is 0 Å². The summed E-state index contributed by atoms with van der Waals surface area (Å²) < 4.78 is 5.65. The summed E-state index contributed by atoms with van der Waals surface area (Å²) in [6.07, 6.45) is 0. The van der Waals surface area contributed by atoms with E-state index in [2.05, 4.69) is 19.9 Å². The lowest BCUT2D eigenvalue weighted by Crippen LogP contribution is -2.29. The number of hydrogen-bond donors (Lipinski definition) is 0. The van der Waals surface area contributed by atoms with Crippen LogP contribution in [-0.4, -0.2) is 19.0 Å². The van der Waals surface area contributed by atoms with E-state index in [4.69, 9.17) is 4.42 Å². The van der Waals surface area contributed by atoms with Crippen molar-refractivity contribution < 1.29 is 4.42 Å². The van der Waals surface area contributed by atoms with Gasteiger partial charge in [0.15, 0.2) is 0 Å². The molecule has 1 heterocycles. The first-order valence-electron chi connectivity index (χ1n) is 5.59. The van der Waals surface area contributed by atoms with Crippen molar-refractivity contribution in [3.05, 3.63) is 23.7 Å². The molecular weight excluding hydrogens is 200 g/mol. The van der Waals surface area contributed by atoms with Gasteiger partial charge in [0.1, 0.15) is 11.5 Å². The molecule has 16 heavy (non-hydrogen) atoms. The van der Waals surface area contributed by atoms with Gasteiger partial charge in [-0.3, -0.25) is 4.90 Å². The average molecular weight is 220 g/mol. The van der Waals surface area contributed by atoms with Crippen molar-refractivity contribution in [3.63, 3.8) is 0 Å². The molecule has 3 nitrogen and oxygen atoms in total. The van der Waals surface area contributed by atoms with E-state index in [-0.39, 0.29) is 12.0 Å². The number of rotatable bonds is 4. The monoisotopic (exact) mass is 220 g/mol. The molecule has 0 fully saturated rings. The van der Waals surface area contributed by atoms with Gasteiger partial charge in [0.05, 0.1) is 18.0 Å². The van der Waals surface area contributed by atoms with Gasteiger partial charge in [-0.1, -0.05) is 13.8 Å². The smallest absolute Gasteiger partial charge is 0.122 e. The Morgan fingerprint density at radius 2 is 1.94 bits per heavy atom. The van der Waals surface area contributed by atoms with E-state index in [1.807, 2.05) is 38.1 Å². The molecule has 0 bridgehead atoms. The Hall–Kier alpha value is -1.27. The Morgan fingerprint density at radius 3 is 2.25 bits per heavy atom. The molecule has 0 aromatic carbocycles. The average Bonchev–Trinajstić information content (AvgIpc) is 2.59. The zero-order chi connectivity index (χ0) is 12.3. The third-order valence-electron chi connectivity index (χ3n) is 2.82. The molecule has 0 spiro atoms. The summed E-state index contributed by atoms with van der Waals surface area (Å²) in [7, 11) is 3.96. The van der Waals surface area contributed by atoms with Gasteiger partial charge in [0.2, 0.25) is 0 Å². The van der Waals surface area contributed by atoms with Gasteiger partial charge in [-0.15, -0.1) is 0 Å². The maximum atomic E-state index is 9.27. The lowest BCUT2D eigenvalue weighted by molar-refractivity contribution is 0.180. The minimum absolute atomic E-state index is 0.0266. The van der Waals surface area contributed by atoms with Crippen LogP contribution in [-0.2, 0) is 0 Å². The van der Waals surface area contributed by atoms with E-state index in [0.29, 0.717) is 5.92 Å². The van der Waals surface area contributed by atoms with Crippen LogP contribution in [0.5, 0.6) is 0 Å². The Kier molecular flexibility index (Phi) is 4.14. The highest BCUT2D eigenvalue weighted by Gasteiger charge is 2.30. The molecule has 1 rings (SSSR count). The van der Waals surface area contributed by atoms with E-state index in [9.17, 15) is 5.26 Å². The molecule has 2 unspecified atom stereocenters. The van der Waals surface area contributed by atoms with Crippen LogP contribution in [0.2, 0.25) is 0 Å². The molecule has 1 aromatic heterocycles. The lowest BCUT2D eigenvalue weighted by atomic mass is 9.88. The van der Waals surface area contributed by atoms with Crippen molar-refractivity contribution in [2.45, 2.75) is 26.8 Å². The first-order valence-corrected chi connectivity index (χ1v) is 5.59. The molecule has 2 atom stereocenters. The maximum Gasteiger partial charge on any atom is 0.122 e. The zero-order valence-electron chi connectivity index (χ0n) is 10.7. The molecular formula is C13H20N2O. The number of nitriles is 1. The van der Waals surface area contributed by atoms with E-state index >= 15 is 0 Å². The van der Waals surface area contributed by atoms with Crippen LogP contribution in [0.15, 0.2) is 16.5 Å². The van der Waals surface area contributed by atoms with E-state index in [1.165, 1.54) is 0 Å². The highest BCUT2D eigenvalue weighted by molar-refractivity contribution is 5.13. The summed E-state index contributed by atoms with van der Waals surface area (Å²) >= 11 is 0. The first-order chi connectivity index (χ1) is 7.47. The number of furan rings is 1. The van der Waals surface area contributed by atoms with Crippen LogP contribution in [0.3, 0.4) is 0 Å². The fraction of sp³-hybridized carbons (Fsp3) is 0.615. The van der Waals surface area contributed by atoms with Gasteiger partial charge < -0.3 is 4.42 Å². The van der Waals surface area contributed by atoms with Crippen LogP contribution in [0.1, 0.15) is 31.4 Å². The Bertz CT molecular complexity index is 374. The second-order valence-corrected chi connectivity index (χ2v) is 4.76. The molecule has 3 heteroatoms. The molecule has 0 N–H and O–H groups in total. The molecule has 0 saturated heterocycles. The Morgan fingerprint density at radius 1 is 1.31 bits per heavy atom. The summed E-state index contributed by atoms with van der Waals surface area (Å²) in [5.41, 5.74) is 0. The van der Waals surface area contributed by atoms with E-state index in [0.717, 1.165) is 11.5 Å². The minimum atomic E-state index is -0.0550. The van der Waals surface area contributed by atoms with Crippen LogP contribution >= 0.6 is 0 Å². The number of hydrogen-bond acceptors (Lipinski definition) is 3. The SMILES string of the molecule is Cc1ccc(C(C(C#N)C(C)C)N(C)C)o1. The molecule has 88 valence electrons. The minimum Gasteiger partial charge on any atom is -0.465 e. The lowest BCUT2D eigenvalue weighted by Gasteiger charge is -2.28. The molecule has 0 aliphatic heterocycles. The molecule has 1 aromatic rings. The molecule has 0 aliphatic carbocycles. The Labute approximate surface area is 97.7 Å². The van der Waals surface area contributed by atoms with Gasteiger partial charge in [-0.25, -0.2) is 0 Å². The molecule has 0 amide bonds. The van der Waals surface area contributed by atoms with Crippen molar-refractivity contribution in [1.82, 2.24) is 4.90 Å². The normalized spacial score (nSPS) is 15.1. The van der Waals surface area contributed by atoms with Gasteiger partial charge in [-0.05, 0) is 39.1 Å². The maximum absolute atomic E-state index is 9.27. The third-order valence-corrected chi connectivity index (χ3v) is 2.82. The van der Waals surface area contributed by atoms with E-state index < -0.39 is 0 Å². The largest absolute Gasteiger partial charge is 0.465 e. The van der Waals surface area contributed by atoms with Crippen LogP contribution in [0.25, 0.3) is 0 Å². The second-order valence-electron chi connectivity index (χ2n) is 4.76. The number of aryl methyl sites for hydroxylation is 1. The van der Waals surface area contributed by atoms with Crippen LogP contribution < -0.4 is 0 Å².